The van der Waals surface area contributed by atoms with Gasteiger partial charge in [-0.3, -0.25) is 4.57 Å². The van der Waals surface area contributed by atoms with Crippen molar-refractivity contribution in [2.45, 2.75) is 6.42 Å². The summed E-state index contributed by atoms with van der Waals surface area (Å²) < 4.78 is 7.17. The zero-order valence-electron chi connectivity index (χ0n) is 52.2. The maximum Gasteiger partial charge on any atom is 0.235 e. The number of hydrogen-bond donors (Lipinski definition) is 0. The number of nitrogens with zero attached hydrogens (tertiary/aromatic N) is 7. The van der Waals surface area contributed by atoms with Crippen LogP contribution in [0.1, 0.15) is 22.3 Å². The predicted octanol–water partition coefficient (Wildman–Crippen LogP) is 22.9. The zero-order valence-corrected chi connectivity index (χ0v) is 53.0. The van der Waals surface area contributed by atoms with Crippen molar-refractivity contribution in [1.29, 1.82) is 0 Å². The van der Waals surface area contributed by atoms with Crippen molar-refractivity contribution >= 4 is 121 Å². The SMILES string of the molecule is Clc1nc(-c2ccccc2)c2ccccc2n1.c1ccc(-c2nc(-n3c4c(c5ccccc53)-c3cccc5c(-n6c7ccccc7c7ccccc76)ccc-4c35)nc3ccccc23)cc1.c1ccc2c(c1)CC1=C2c2cccc3c(-n4c5ccccc5c5ccccc54)ccc1c23. The summed E-state index contributed by atoms with van der Waals surface area (Å²) in [6.07, 6.45) is 1.03. The molecular weight excluding hydrogens is 1200 g/mol. The molecule has 0 spiro atoms. The fourth-order valence-electron chi connectivity index (χ4n) is 16.1. The van der Waals surface area contributed by atoms with Crippen molar-refractivity contribution in [3.8, 4) is 62.2 Å². The van der Waals surface area contributed by atoms with E-state index in [2.05, 4.69) is 278 Å². The molecule has 3 aliphatic rings. The first-order chi connectivity index (χ1) is 48.1. The van der Waals surface area contributed by atoms with E-state index in [1.54, 1.807) is 0 Å². The molecule has 0 unspecified atom stereocenters. The number of fused-ring (bicyclic) bond motifs is 17. The van der Waals surface area contributed by atoms with Crippen molar-refractivity contribution < 1.29 is 0 Å². The molecule has 0 saturated heterocycles. The Labute approximate surface area is 562 Å². The molecule has 8 heteroatoms. The van der Waals surface area contributed by atoms with Crippen molar-refractivity contribution in [2.75, 3.05) is 0 Å². The van der Waals surface area contributed by atoms with Crippen LogP contribution < -0.4 is 0 Å². The first kappa shape index (κ1) is 55.0. The Hall–Kier alpha value is -12.6. The molecule has 0 aliphatic heterocycles. The van der Waals surface area contributed by atoms with Crippen molar-refractivity contribution in [3.05, 3.63) is 343 Å². The Balaban J connectivity index is 0.000000112. The lowest BCUT2D eigenvalue weighted by Crippen LogP contribution is -2.05. The summed E-state index contributed by atoms with van der Waals surface area (Å²) in [6.45, 7) is 0. The predicted molar refractivity (Wildman–Crippen MR) is 402 cm³/mol. The summed E-state index contributed by atoms with van der Waals surface area (Å²) >= 11 is 5.95. The molecular formula is C89H54ClN7. The maximum atomic E-state index is 5.95. The van der Waals surface area contributed by atoms with E-state index < -0.39 is 0 Å². The third kappa shape index (κ3) is 8.35. The highest BCUT2D eigenvalue weighted by Crippen LogP contribution is 2.55. The number of halogens is 1. The largest absolute Gasteiger partial charge is 0.309 e. The van der Waals surface area contributed by atoms with Gasteiger partial charge in [-0.25, -0.2) is 19.9 Å². The summed E-state index contributed by atoms with van der Waals surface area (Å²) in [5.41, 5.74) is 27.7. The lowest BCUT2D eigenvalue weighted by Gasteiger charge is -2.15. The smallest absolute Gasteiger partial charge is 0.235 e. The molecule has 5 heterocycles. The Morgan fingerprint density at radius 1 is 0.278 bits per heavy atom. The highest BCUT2D eigenvalue weighted by Gasteiger charge is 2.34. The van der Waals surface area contributed by atoms with Gasteiger partial charge >= 0.3 is 0 Å². The van der Waals surface area contributed by atoms with Crippen LogP contribution in [-0.4, -0.2) is 33.6 Å². The summed E-state index contributed by atoms with van der Waals surface area (Å²) in [4.78, 5) is 19.1. The van der Waals surface area contributed by atoms with Crippen LogP contribution >= 0.6 is 11.6 Å². The molecule has 0 N–H and O–H groups in total. The Morgan fingerprint density at radius 3 is 1.26 bits per heavy atom. The minimum Gasteiger partial charge on any atom is -0.309 e. The Bertz CT molecular complexity index is 6450. The van der Waals surface area contributed by atoms with E-state index in [0.29, 0.717) is 5.95 Å². The van der Waals surface area contributed by atoms with Crippen LogP contribution in [0.5, 0.6) is 0 Å². The monoisotopic (exact) mass is 1260 g/mol. The molecule has 14 aromatic carbocycles. The molecule has 0 saturated carbocycles. The topological polar surface area (TPSA) is 66.3 Å². The minimum atomic E-state index is 0.280. The molecule has 0 amide bonds. The summed E-state index contributed by atoms with van der Waals surface area (Å²) in [6, 6.07) is 112. The van der Waals surface area contributed by atoms with Gasteiger partial charge in [-0.1, -0.05) is 261 Å². The van der Waals surface area contributed by atoms with Crippen LogP contribution in [0.3, 0.4) is 0 Å². The van der Waals surface area contributed by atoms with Gasteiger partial charge in [0.25, 0.3) is 0 Å². The lowest BCUT2D eigenvalue weighted by atomic mass is 9.95. The Kier molecular flexibility index (Phi) is 12.3. The quantitative estimate of drug-likeness (QED) is 0.161. The molecule has 0 fully saturated rings. The van der Waals surface area contributed by atoms with Gasteiger partial charge in [0.1, 0.15) is 0 Å². The first-order valence-electron chi connectivity index (χ1n) is 32.9. The average molecular weight is 1260 g/mol. The second-order valence-electron chi connectivity index (χ2n) is 25.2. The Morgan fingerprint density at radius 2 is 0.691 bits per heavy atom. The van der Waals surface area contributed by atoms with Gasteiger partial charge in [-0.05, 0) is 117 Å². The van der Waals surface area contributed by atoms with E-state index in [9.17, 15) is 0 Å². The van der Waals surface area contributed by atoms with Gasteiger partial charge in [-0.15, -0.1) is 0 Å². The van der Waals surface area contributed by atoms with Gasteiger partial charge in [0.2, 0.25) is 11.2 Å². The van der Waals surface area contributed by atoms with Gasteiger partial charge in [0.05, 0.1) is 67.1 Å². The van der Waals surface area contributed by atoms with Crippen LogP contribution in [0, 0.1) is 0 Å². The average Bonchev–Trinajstić information content (AvgIpc) is 1.41. The standard InChI is InChI=1S/C44H26N4.C31H19N.C14H9ClN2/c1-2-13-27(14-3-1)42-30-17-4-8-21-35(30)45-44(46-42)48-38-24-11-7-18-32(38)41-33-20-12-19-31-39(26-25-34(40(31)33)43(41)48)47-36-22-9-5-15-28(36)29-16-6-10-23-37(29)47;1-2-9-20-19(8-1)18-26-23-16-17-29(24-12-7-13-25(30(20)26)31(23)24)32-27-14-5-3-10-21(27)22-11-4-6-15-28(22)32;15-14-16-12-9-5-4-8-11(12)13(17-14)10-6-2-1-3-7-10/h1-26H;1-17H,18H2;1-9H. The highest BCUT2D eigenvalue weighted by atomic mass is 35.5. The van der Waals surface area contributed by atoms with E-state index in [1.165, 1.54) is 132 Å². The van der Waals surface area contributed by atoms with Crippen molar-refractivity contribution in [1.82, 2.24) is 33.6 Å². The van der Waals surface area contributed by atoms with Crippen LogP contribution in [0.25, 0.3) is 171 Å². The van der Waals surface area contributed by atoms with Gasteiger partial charge in [0, 0.05) is 76.1 Å². The van der Waals surface area contributed by atoms with Gasteiger partial charge < -0.3 is 9.13 Å². The number of rotatable bonds is 5. The number of hydrogen-bond acceptors (Lipinski definition) is 4. The molecule has 0 atom stereocenters. The summed E-state index contributed by atoms with van der Waals surface area (Å²) in [7, 11) is 0. The van der Waals surface area contributed by atoms with E-state index >= 15 is 0 Å². The van der Waals surface area contributed by atoms with Crippen LogP contribution in [0.4, 0.5) is 0 Å². The summed E-state index contributed by atoms with van der Waals surface area (Å²) in [5.74, 6) is 0.678. The van der Waals surface area contributed by atoms with Gasteiger partial charge in [-0.2, -0.15) is 0 Å². The third-order valence-electron chi connectivity index (χ3n) is 20.1. The number of allylic oxidation sites excluding steroid dienone is 1. The van der Waals surface area contributed by atoms with Crippen molar-refractivity contribution in [3.63, 3.8) is 0 Å². The number of para-hydroxylation sites is 7. The van der Waals surface area contributed by atoms with E-state index in [4.69, 9.17) is 21.6 Å². The fraction of sp³-hybridized carbons (Fsp3) is 0.0112. The van der Waals surface area contributed by atoms with Gasteiger partial charge in [0.15, 0.2) is 0 Å². The number of benzene rings is 14. The van der Waals surface area contributed by atoms with Crippen LogP contribution in [0.2, 0.25) is 5.28 Å². The fourth-order valence-corrected chi connectivity index (χ4v) is 16.3. The molecule has 19 aromatic rings. The molecule has 0 bridgehead atoms. The third-order valence-corrected chi connectivity index (χ3v) is 20.3. The van der Waals surface area contributed by atoms with Crippen LogP contribution in [0.15, 0.2) is 315 Å². The van der Waals surface area contributed by atoms with E-state index in [0.717, 1.165) is 62.0 Å². The number of aromatic nitrogens is 7. The van der Waals surface area contributed by atoms with E-state index in [1.807, 2.05) is 60.7 Å². The molecule has 7 nitrogen and oxygen atoms in total. The summed E-state index contributed by atoms with van der Waals surface area (Å²) in [5, 5.41) is 13.9. The molecule has 3 aliphatic carbocycles. The highest BCUT2D eigenvalue weighted by molar-refractivity contribution is 6.29. The lowest BCUT2D eigenvalue weighted by molar-refractivity contribution is 0.993. The molecule has 97 heavy (non-hydrogen) atoms. The molecule has 0 radical (unpaired) electrons. The molecule has 22 rings (SSSR count). The normalized spacial score (nSPS) is 12.5. The van der Waals surface area contributed by atoms with Crippen LogP contribution in [-0.2, 0) is 6.42 Å². The molecule has 452 valence electrons. The minimum absolute atomic E-state index is 0.280. The second kappa shape index (κ2) is 21.8. The van der Waals surface area contributed by atoms with Crippen molar-refractivity contribution in [2.24, 2.45) is 0 Å². The second-order valence-corrected chi connectivity index (χ2v) is 25.5. The van der Waals surface area contributed by atoms with E-state index in [-0.39, 0.29) is 5.28 Å². The molecule has 5 aromatic heterocycles. The first-order valence-corrected chi connectivity index (χ1v) is 33.3. The zero-order chi connectivity index (χ0) is 63.8. The maximum absolute atomic E-state index is 5.95.